The molecule has 0 fully saturated rings. The van der Waals surface area contributed by atoms with Gasteiger partial charge in [-0.05, 0) is 24.9 Å². The topological polar surface area (TPSA) is 73.0 Å². The molecule has 0 radical (unpaired) electrons. The lowest BCUT2D eigenvalue weighted by molar-refractivity contribution is -0.384. The fraction of sp³-hybridized carbons (Fsp3) is 0.750. The Morgan fingerprint density at radius 2 is 2.16 bits per heavy atom. The summed E-state index contributed by atoms with van der Waals surface area (Å²) in [5.74, 6) is 1.67. The van der Waals surface area contributed by atoms with Gasteiger partial charge in [0.1, 0.15) is 5.69 Å². The summed E-state index contributed by atoms with van der Waals surface area (Å²) >= 11 is 1.81. The lowest BCUT2D eigenvalue weighted by Crippen LogP contribution is -2.08. The van der Waals surface area contributed by atoms with Crippen LogP contribution in [0.15, 0.2) is 0 Å². The van der Waals surface area contributed by atoms with Crippen LogP contribution in [0.5, 0.6) is 0 Å². The van der Waals surface area contributed by atoms with Crippen LogP contribution in [-0.4, -0.2) is 33.3 Å². The van der Waals surface area contributed by atoms with Gasteiger partial charge in [-0.3, -0.25) is 10.1 Å². The van der Waals surface area contributed by atoms with Gasteiger partial charge in [0.15, 0.2) is 0 Å². The van der Waals surface area contributed by atoms with Crippen LogP contribution in [0.3, 0.4) is 0 Å². The van der Waals surface area contributed by atoms with E-state index < -0.39 is 0 Å². The number of aromatic nitrogens is 2. The minimum Gasteiger partial charge on any atom is -0.365 e. The van der Waals surface area contributed by atoms with Gasteiger partial charge in [-0.1, -0.05) is 13.8 Å². The van der Waals surface area contributed by atoms with Gasteiger partial charge < -0.3 is 5.32 Å². The Morgan fingerprint density at radius 3 is 2.68 bits per heavy atom. The summed E-state index contributed by atoms with van der Waals surface area (Å²) in [6.07, 6.45) is 4.19. The molecule has 0 unspecified atom stereocenters. The van der Waals surface area contributed by atoms with Crippen molar-refractivity contribution in [3.63, 3.8) is 0 Å². The fourth-order valence-corrected chi connectivity index (χ4v) is 2.37. The average molecular weight is 286 g/mol. The smallest absolute Gasteiger partial charge is 0.334 e. The Morgan fingerprint density at radius 1 is 1.47 bits per heavy atom. The van der Waals surface area contributed by atoms with Gasteiger partial charge in [-0.2, -0.15) is 16.9 Å². The number of hydrogen-bond donors (Lipinski definition) is 1. The molecule has 1 aromatic heterocycles. The summed E-state index contributed by atoms with van der Waals surface area (Å²) in [5, 5.41) is 18.6. The molecular formula is C12H22N4O2S. The summed E-state index contributed by atoms with van der Waals surface area (Å²) in [6, 6.07) is 0. The molecule has 0 aliphatic rings. The van der Waals surface area contributed by atoms with Crippen molar-refractivity contribution >= 4 is 23.3 Å². The van der Waals surface area contributed by atoms with Gasteiger partial charge in [0.05, 0.1) is 4.92 Å². The molecule has 108 valence electrons. The highest BCUT2D eigenvalue weighted by Gasteiger charge is 2.27. The minimum absolute atomic E-state index is 0.0404. The SMILES string of the molecule is CSCCCCNc1c([N+](=O)[O-])c(C(C)C)nn1C. The van der Waals surface area contributed by atoms with Gasteiger partial charge in [0.2, 0.25) is 5.82 Å². The third-order valence-electron chi connectivity index (χ3n) is 2.85. The lowest BCUT2D eigenvalue weighted by atomic mass is 10.1. The molecule has 0 saturated carbocycles. The van der Waals surface area contributed by atoms with Crippen LogP contribution in [-0.2, 0) is 7.05 Å². The highest BCUT2D eigenvalue weighted by atomic mass is 32.2. The second-order valence-corrected chi connectivity index (χ2v) is 5.73. The molecule has 0 saturated heterocycles. The highest BCUT2D eigenvalue weighted by Crippen LogP contribution is 2.32. The van der Waals surface area contributed by atoms with E-state index in [2.05, 4.69) is 16.7 Å². The largest absolute Gasteiger partial charge is 0.365 e. The Kier molecular flexibility index (Phi) is 6.14. The number of nitrogens with zero attached hydrogens (tertiary/aromatic N) is 3. The first kappa shape index (κ1) is 15.8. The normalized spacial score (nSPS) is 11.0. The van der Waals surface area contributed by atoms with Gasteiger partial charge in [-0.15, -0.1) is 0 Å². The molecule has 1 aromatic rings. The van der Waals surface area contributed by atoms with E-state index in [4.69, 9.17) is 0 Å². The van der Waals surface area contributed by atoms with Crippen molar-refractivity contribution in [2.75, 3.05) is 23.9 Å². The van der Waals surface area contributed by atoms with Gasteiger partial charge in [0.25, 0.3) is 0 Å². The maximum absolute atomic E-state index is 11.2. The van der Waals surface area contributed by atoms with Crippen molar-refractivity contribution in [1.29, 1.82) is 0 Å². The van der Waals surface area contributed by atoms with Crippen LogP contribution in [0.2, 0.25) is 0 Å². The third kappa shape index (κ3) is 4.12. The van der Waals surface area contributed by atoms with Gasteiger partial charge in [-0.25, -0.2) is 4.68 Å². The second-order valence-electron chi connectivity index (χ2n) is 4.74. The number of thioether (sulfide) groups is 1. The summed E-state index contributed by atoms with van der Waals surface area (Å²) in [7, 11) is 1.74. The summed E-state index contributed by atoms with van der Waals surface area (Å²) in [4.78, 5) is 10.9. The Hall–Kier alpha value is -1.24. The van der Waals surface area contributed by atoms with Crippen molar-refractivity contribution in [2.24, 2.45) is 7.05 Å². The molecule has 1 heterocycles. The Labute approximate surface area is 118 Å². The molecule has 0 spiro atoms. The van der Waals surface area contributed by atoms with E-state index >= 15 is 0 Å². The van der Waals surface area contributed by atoms with Gasteiger partial charge in [0, 0.05) is 19.5 Å². The van der Waals surface area contributed by atoms with Crippen LogP contribution < -0.4 is 5.32 Å². The standard InChI is InChI=1S/C12H22N4O2S/c1-9(2)10-11(16(17)18)12(15(3)14-10)13-7-5-6-8-19-4/h9,13H,5-8H2,1-4H3. The highest BCUT2D eigenvalue weighted by molar-refractivity contribution is 7.98. The number of nitrogens with one attached hydrogen (secondary N) is 1. The monoisotopic (exact) mass is 286 g/mol. The van der Waals surface area contributed by atoms with E-state index in [0.717, 1.165) is 25.1 Å². The van der Waals surface area contributed by atoms with Crippen molar-refractivity contribution in [3.8, 4) is 0 Å². The van der Waals surface area contributed by atoms with Crippen molar-refractivity contribution in [2.45, 2.75) is 32.6 Å². The second kappa shape index (κ2) is 7.37. The van der Waals surface area contributed by atoms with E-state index in [9.17, 15) is 10.1 Å². The number of nitro groups is 1. The number of unbranched alkanes of at least 4 members (excludes halogenated alkanes) is 1. The molecule has 0 atom stereocenters. The van der Waals surface area contributed by atoms with Crippen molar-refractivity contribution < 1.29 is 4.92 Å². The number of aryl methyl sites for hydroxylation is 1. The van der Waals surface area contributed by atoms with E-state index in [-0.39, 0.29) is 16.5 Å². The molecule has 0 aliphatic carbocycles. The van der Waals surface area contributed by atoms with E-state index in [1.165, 1.54) is 0 Å². The first-order chi connectivity index (χ1) is 8.99. The zero-order chi connectivity index (χ0) is 14.4. The molecule has 1 rings (SSSR count). The van der Waals surface area contributed by atoms with Crippen molar-refractivity contribution in [3.05, 3.63) is 15.8 Å². The molecule has 0 aliphatic heterocycles. The summed E-state index contributed by atoms with van der Waals surface area (Å²) in [5.41, 5.74) is 0.654. The molecule has 1 N–H and O–H groups in total. The van der Waals surface area contributed by atoms with E-state index in [0.29, 0.717) is 11.5 Å². The molecule has 7 heteroatoms. The summed E-state index contributed by atoms with van der Waals surface area (Å²) < 4.78 is 1.57. The van der Waals surface area contributed by atoms with Gasteiger partial charge >= 0.3 is 5.69 Å². The minimum atomic E-state index is -0.341. The predicted molar refractivity (Wildman–Crippen MR) is 80.1 cm³/mol. The molecule has 6 nitrogen and oxygen atoms in total. The zero-order valence-corrected chi connectivity index (χ0v) is 12.8. The van der Waals surface area contributed by atoms with Crippen LogP contribution in [0.4, 0.5) is 11.5 Å². The average Bonchev–Trinajstić information content (AvgIpc) is 2.67. The van der Waals surface area contributed by atoms with Crippen molar-refractivity contribution in [1.82, 2.24) is 9.78 Å². The predicted octanol–water partition coefficient (Wildman–Crippen LogP) is 3.01. The first-order valence-electron chi connectivity index (χ1n) is 6.43. The number of hydrogen-bond acceptors (Lipinski definition) is 5. The Bertz CT molecular complexity index is 432. The molecule has 0 bridgehead atoms. The van der Waals surface area contributed by atoms with E-state index in [1.807, 2.05) is 25.6 Å². The number of anilines is 1. The van der Waals surface area contributed by atoms with E-state index in [1.54, 1.807) is 11.7 Å². The first-order valence-corrected chi connectivity index (χ1v) is 7.82. The lowest BCUT2D eigenvalue weighted by Gasteiger charge is -2.05. The quantitative estimate of drug-likeness (QED) is 0.452. The molecule has 19 heavy (non-hydrogen) atoms. The van der Waals surface area contributed by atoms with Crippen LogP contribution in [0.1, 0.15) is 38.3 Å². The van der Waals surface area contributed by atoms with Crippen LogP contribution in [0.25, 0.3) is 0 Å². The number of rotatable bonds is 8. The maximum atomic E-state index is 11.2. The van der Waals surface area contributed by atoms with Crippen LogP contribution in [0, 0.1) is 10.1 Å². The molecular weight excluding hydrogens is 264 g/mol. The third-order valence-corrected chi connectivity index (χ3v) is 3.54. The van der Waals surface area contributed by atoms with Crippen LogP contribution >= 0.6 is 11.8 Å². The zero-order valence-electron chi connectivity index (χ0n) is 12.0. The molecule has 0 amide bonds. The summed E-state index contributed by atoms with van der Waals surface area (Å²) in [6.45, 7) is 4.56. The Balaban J connectivity index is 2.79. The molecule has 0 aromatic carbocycles. The maximum Gasteiger partial charge on any atom is 0.334 e. The fourth-order valence-electron chi connectivity index (χ4n) is 1.88.